The number of halogens is 3. The van der Waals surface area contributed by atoms with Crippen LogP contribution in [0.4, 0.5) is 24.5 Å². The van der Waals surface area contributed by atoms with Crippen molar-refractivity contribution in [2.45, 2.75) is 26.2 Å². The van der Waals surface area contributed by atoms with E-state index < -0.39 is 21.9 Å². The average Bonchev–Trinajstić information content (AvgIpc) is 2.75. The normalized spacial score (nSPS) is 11.8. The van der Waals surface area contributed by atoms with Crippen LogP contribution < -0.4 is 9.21 Å². The molecule has 0 unspecified atom stereocenters. The van der Waals surface area contributed by atoms with Gasteiger partial charge in [0.1, 0.15) is 5.69 Å². The van der Waals surface area contributed by atoms with E-state index in [9.17, 15) is 26.4 Å². The maximum absolute atomic E-state index is 12.7. The van der Waals surface area contributed by atoms with E-state index >= 15 is 0 Å². The molecule has 0 saturated heterocycles. The van der Waals surface area contributed by atoms with Crippen molar-refractivity contribution in [1.82, 2.24) is 4.98 Å². The number of carbonyl (C=O) groups is 1. The smallest absolute Gasteiger partial charge is 0.311 e. The SMILES string of the molecule is Cc1cccc(CN(c2ccc(N(C=O)Cc3ccc(C(F)(F)F)nc3)cc2)S(C)(=O)=O)c1. The monoisotopic (exact) mass is 477 g/mol. The summed E-state index contributed by atoms with van der Waals surface area (Å²) in [7, 11) is -3.58. The van der Waals surface area contributed by atoms with E-state index in [4.69, 9.17) is 0 Å². The van der Waals surface area contributed by atoms with Crippen LogP contribution in [0.3, 0.4) is 0 Å². The quantitative estimate of drug-likeness (QED) is 0.447. The van der Waals surface area contributed by atoms with Crippen LogP contribution in [0.5, 0.6) is 0 Å². The highest BCUT2D eigenvalue weighted by molar-refractivity contribution is 7.92. The Hall–Kier alpha value is -3.40. The van der Waals surface area contributed by atoms with Crippen LogP contribution in [-0.2, 0) is 34.1 Å². The number of aromatic nitrogens is 1. The highest BCUT2D eigenvalue weighted by Crippen LogP contribution is 2.28. The zero-order chi connectivity index (χ0) is 24.2. The van der Waals surface area contributed by atoms with Gasteiger partial charge >= 0.3 is 6.18 Å². The van der Waals surface area contributed by atoms with Crippen LogP contribution in [0.15, 0.2) is 66.9 Å². The molecule has 0 aliphatic heterocycles. The first kappa shape index (κ1) is 24.2. The lowest BCUT2D eigenvalue weighted by molar-refractivity contribution is -0.141. The van der Waals surface area contributed by atoms with E-state index in [2.05, 4.69) is 4.98 Å². The van der Waals surface area contributed by atoms with E-state index in [1.54, 1.807) is 24.3 Å². The average molecular weight is 478 g/mol. The fourth-order valence-corrected chi connectivity index (χ4v) is 4.15. The molecule has 0 fully saturated rings. The minimum atomic E-state index is -4.54. The molecule has 3 aromatic rings. The maximum atomic E-state index is 12.7. The number of sulfonamides is 1. The lowest BCUT2D eigenvalue weighted by Crippen LogP contribution is -2.29. The summed E-state index contributed by atoms with van der Waals surface area (Å²) in [5.74, 6) is 0. The molecule has 10 heteroatoms. The number of pyridine rings is 1. The minimum absolute atomic E-state index is 0.00701. The summed E-state index contributed by atoms with van der Waals surface area (Å²) in [5, 5.41) is 0. The molecular formula is C23H22F3N3O3S. The number of alkyl halides is 3. The molecule has 0 aliphatic rings. The van der Waals surface area contributed by atoms with Crippen molar-refractivity contribution in [2.75, 3.05) is 15.5 Å². The Kier molecular flexibility index (Phi) is 7.06. The summed E-state index contributed by atoms with van der Waals surface area (Å²) >= 11 is 0. The van der Waals surface area contributed by atoms with Gasteiger partial charge in [0.25, 0.3) is 0 Å². The molecule has 1 amide bonds. The summed E-state index contributed by atoms with van der Waals surface area (Å²) in [5.41, 5.74) is 2.12. The third-order valence-corrected chi connectivity index (χ3v) is 6.01. The van der Waals surface area contributed by atoms with Gasteiger partial charge in [-0.15, -0.1) is 0 Å². The van der Waals surface area contributed by atoms with E-state index in [1.807, 2.05) is 31.2 Å². The van der Waals surface area contributed by atoms with E-state index in [1.165, 1.54) is 15.3 Å². The lowest BCUT2D eigenvalue weighted by Gasteiger charge is -2.24. The standard InChI is InChI=1S/C23H22F3N3O3S/c1-17-4-3-5-18(12-17)15-29(33(2,31)32)21-9-7-20(8-10-21)28(16-30)14-19-6-11-22(27-13-19)23(24,25)26/h3-13,16H,14-15H2,1-2H3. The largest absolute Gasteiger partial charge is 0.433 e. The van der Waals surface area contributed by atoms with Gasteiger partial charge in [0.15, 0.2) is 0 Å². The van der Waals surface area contributed by atoms with Crippen LogP contribution in [0.1, 0.15) is 22.4 Å². The van der Waals surface area contributed by atoms with Gasteiger partial charge in [-0.1, -0.05) is 35.9 Å². The molecule has 0 N–H and O–H groups in total. The number of anilines is 2. The van der Waals surface area contributed by atoms with E-state index in [-0.39, 0.29) is 13.1 Å². The maximum Gasteiger partial charge on any atom is 0.433 e. The summed E-state index contributed by atoms with van der Waals surface area (Å²) in [6.45, 7) is 2.07. The highest BCUT2D eigenvalue weighted by atomic mass is 32.2. The number of amides is 1. The summed E-state index contributed by atoms with van der Waals surface area (Å²) in [6, 6.07) is 15.9. The van der Waals surface area contributed by atoms with Crippen LogP contribution in [-0.4, -0.2) is 26.1 Å². The molecule has 0 saturated carbocycles. The minimum Gasteiger partial charge on any atom is -0.311 e. The Labute approximate surface area is 190 Å². The molecule has 2 aromatic carbocycles. The number of benzene rings is 2. The molecule has 3 rings (SSSR count). The van der Waals surface area contributed by atoms with Gasteiger partial charge in [-0.25, -0.2) is 8.42 Å². The first-order chi connectivity index (χ1) is 15.5. The fraction of sp³-hybridized carbons (Fsp3) is 0.217. The molecular weight excluding hydrogens is 455 g/mol. The van der Waals surface area contributed by atoms with Crippen LogP contribution in [0.2, 0.25) is 0 Å². The van der Waals surface area contributed by atoms with Crippen molar-refractivity contribution in [3.8, 4) is 0 Å². The number of hydrogen-bond donors (Lipinski definition) is 0. The Bertz CT molecular complexity index is 1210. The third-order valence-electron chi connectivity index (χ3n) is 4.87. The molecule has 174 valence electrons. The summed E-state index contributed by atoms with van der Waals surface area (Å²) < 4.78 is 64.1. The molecule has 0 atom stereocenters. The summed E-state index contributed by atoms with van der Waals surface area (Å²) in [6.07, 6.45) is -1.80. The Morgan fingerprint density at radius 1 is 0.939 bits per heavy atom. The topological polar surface area (TPSA) is 70.6 Å². The number of aryl methyl sites for hydroxylation is 1. The number of rotatable bonds is 8. The Balaban J connectivity index is 1.80. The molecule has 0 radical (unpaired) electrons. The fourth-order valence-electron chi connectivity index (χ4n) is 3.26. The van der Waals surface area contributed by atoms with Crippen molar-refractivity contribution < 1.29 is 26.4 Å². The zero-order valence-electron chi connectivity index (χ0n) is 18.0. The van der Waals surface area contributed by atoms with Crippen molar-refractivity contribution in [3.63, 3.8) is 0 Å². The number of hydrogen-bond acceptors (Lipinski definition) is 4. The predicted molar refractivity (Wildman–Crippen MR) is 120 cm³/mol. The second kappa shape index (κ2) is 9.62. The van der Waals surface area contributed by atoms with E-state index in [0.29, 0.717) is 23.3 Å². The second-order valence-corrected chi connectivity index (χ2v) is 9.46. The van der Waals surface area contributed by atoms with Gasteiger partial charge in [-0.2, -0.15) is 13.2 Å². The Morgan fingerprint density at radius 3 is 2.12 bits per heavy atom. The Morgan fingerprint density at radius 2 is 1.61 bits per heavy atom. The second-order valence-electron chi connectivity index (χ2n) is 7.56. The van der Waals surface area contributed by atoms with E-state index in [0.717, 1.165) is 29.6 Å². The van der Waals surface area contributed by atoms with Crippen molar-refractivity contribution in [1.29, 1.82) is 0 Å². The van der Waals surface area contributed by atoms with Gasteiger partial charge in [0.2, 0.25) is 16.4 Å². The van der Waals surface area contributed by atoms with Gasteiger partial charge < -0.3 is 4.90 Å². The molecule has 1 aromatic heterocycles. The third kappa shape index (κ3) is 6.32. The van der Waals surface area contributed by atoms with Crippen LogP contribution >= 0.6 is 0 Å². The molecule has 0 bridgehead atoms. The number of carbonyl (C=O) groups excluding carboxylic acids is 1. The van der Waals surface area contributed by atoms with Crippen molar-refractivity contribution in [3.05, 3.63) is 89.2 Å². The first-order valence-electron chi connectivity index (χ1n) is 9.85. The number of nitrogens with zero attached hydrogens (tertiary/aromatic N) is 3. The zero-order valence-corrected chi connectivity index (χ0v) is 18.8. The molecule has 1 heterocycles. The highest BCUT2D eigenvalue weighted by Gasteiger charge is 2.32. The lowest BCUT2D eigenvalue weighted by atomic mass is 10.1. The molecule has 33 heavy (non-hydrogen) atoms. The van der Waals surface area contributed by atoms with Crippen molar-refractivity contribution in [2.24, 2.45) is 0 Å². The van der Waals surface area contributed by atoms with Gasteiger partial charge in [0.05, 0.1) is 25.0 Å². The molecule has 0 aliphatic carbocycles. The van der Waals surface area contributed by atoms with Gasteiger partial charge in [-0.05, 0) is 48.4 Å². The molecule has 0 spiro atoms. The van der Waals surface area contributed by atoms with Gasteiger partial charge in [0, 0.05) is 11.9 Å². The van der Waals surface area contributed by atoms with Gasteiger partial charge in [-0.3, -0.25) is 14.1 Å². The van der Waals surface area contributed by atoms with Crippen LogP contribution in [0.25, 0.3) is 0 Å². The predicted octanol–water partition coefficient (Wildman–Crippen LogP) is 4.54. The van der Waals surface area contributed by atoms with Crippen LogP contribution in [0, 0.1) is 6.92 Å². The molecule has 6 nitrogen and oxygen atoms in total. The summed E-state index contributed by atoms with van der Waals surface area (Å²) in [4.78, 5) is 16.3. The van der Waals surface area contributed by atoms with Crippen molar-refractivity contribution >= 4 is 27.8 Å². The first-order valence-corrected chi connectivity index (χ1v) is 11.7.